The summed E-state index contributed by atoms with van der Waals surface area (Å²) in [5, 5.41) is 3.27. The Labute approximate surface area is 183 Å². The summed E-state index contributed by atoms with van der Waals surface area (Å²) in [6.45, 7) is 2.63. The number of benzene rings is 1. The number of anilines is 3. The molecule has 10 heteroatoms. The number of nitrogens with zero attached hydrogens (tertiary/aromatic N) is 4. The molecule has 1 aromatic carbocycles. The first-order valence-electron chi connectivity index (χ1n) is 10.4. The molecular formula is C22H25F3N6O. The summed E-state index contributed by atoms with van der Waals surface area (Å²) in [6.07, 6.45) is -0.872. The summed E-state index contributed by atoms with van der Waals surface area (Å²) in [5.74, 6) is 1.37. The first-order valence-corrected chi connectivity index (χ1v) is 10.4. The van der Waals surface area contributed by atoms with Crippen molar-refractivity contribution in [3.8, 4) is 0 Å². The number of nitrogens with one attached hydrogen (secondary N) is 2. The highest BCUT2D eigenvalue weighted by Gasteiger charge is 2.30. The molecule has 32 heavy (non-hydrogen) atoms. The number of aromatic nitrogens is 3. The molecule has 2 N–H and O–H groups in total. The van der Waals surface area contributed by atoms with Gasteiger partial charge >= 0.3 is 6.18 Å². The van der Waals surface area contributed by atoms with Crippen molar-refractivity contribution in [3.63, 3.8) is 0 Å². The fraction of sp³-hybridized carbons (Fsp3) is 0.409. The molecule has 4 rings (SSSR count). The van der Waals surface area contributed by atoms with E-state index >= 15 is 0 Å². The number of pyridine rings is 1. The van der Waals surface area contributed by atoms with Gasteiger partial charge in [-0.15, -0.1) is 0 Å². The lowest BCUT2D eigenvalue weighted by atomic mass is 9.97. The number of alkyl halides is 3. The summed E-state index contributed by atoms with van der Waals surface area (Å²) in [7, 11) is 4.13. The molecule has 1 aliphatic heterocycles. The van der Waals surface area contributed by atoms with Crippen molar-refractivity contribution >= 4 is 28.4 Å². The topological polar surface area (TPSA) is 77.1 Å². The van der Waals surface area contributed by atoms with Crippen LogP contribution in [0.3, 0.4) is 0 Å². The summed E-state index contributed by atoms with van der Waals surface area (Å²) in [4.78, 5) is 28.5. The average Bonchev–Trinajstić information content (AvgIpc) is 2.73. The van der Waals surface area contributed by atoms with Gasteiger partial charge in [0.05, 0.1) is 11.1 Å². The quantitative estimate of drug-likeness (QED) is 0.620. The number of piperidine rings is 1. The maximum absolute atomic E-state index is 12.9. The Morgan fingerprint density at radius 3 is 2.44 bits per heavy atom. The number of aromatic amines is 1. The van der Waals surface area contributed by atoms with Gasteiger partial charge in [-0.2, -0.15) is 18.2 Å². The molecule has 3 heterocycles. The second-order valence-corrected chi connectivity index (χ2v) is 8.33. The molecule has 1 fully saturated rings. The molecule has 2 aromatic heterocycles. The minimum atomic E-state index is -4.41. The van der Waals surface area contributed by atoms with Crippen LogP contribution < -0.4 is 15.8 Å². The van der Waals surface area contributed by atoms with Crippen LogP contribution in [0.4, 0.5) is 30.6 Å². The number of rotatable bonds is 5. The summed E-state index contributed by atoms with van der Waals surface area (Å²) in [5.41, 5.74) is -0.233. The van der Waals surface area contributed by atoms with Gasteiger partial charge in [0.2, 0.25) is 5.95 Å². The molecule has 7 nitrogen and oxygen atoms in total. The minimum Gasteiger partial charge on any atom is -0.341 e. The van der Waals surface area contributed by atoms with Gasteiger partial charge in [-0.1, -0.05) is 0 Å². The monoisotopic (exact) mass is 446 g/mol. The van der Waals surface area contributed by atoms with E-state index in [1.165, 1.54) is 18.3 Å². The number of fused-ring (bicyclic) bond motifs is 1. The Hall–Kier alpha value is -3.14. The second kappa shape index (κ2) is 8.78. The summed E-state index contributed by atoms with van der Waals surface area (Å²) < 4.78 is 38.6. The number of hydrogen-bond donors (Lipinski definition) is 2. The van der Waals surface area contributed by atoms with E-state index in [2.05, 4.69) is 44.2 Å². The lowest BCUT2D eigenvalue weighted by molar-refractivity contribution is -0.137. The van der Waals surface area contributed by atoms with Gasteiger partial charge in [-0.05, 0) is 63.2 Å². The van der Waals surface area contributed by atoms with Crippen LogP contribution in [-0.2, 0) is 6.18 Å². The molecule has 0 saturated carbocycles. The van der Waals surface area contributed by atoms with Crippen LogP contribution in [-0.4, -0.2) is 53.6 Å². The highest BCUT2D eigenvalue weighted by molar-refractivity contribution is 5.90. The van der Waals surface area contributed by atoms with Crippen LogP contribution in [0.2, 0.25) is 0 Å². The zero-order chi connectivity index (χ0) is 22.9. The van der Waals surface area contributed by atoms with E-state index in [0.29, 0.717) is 23.1 Å². The van der Waals surface area contributed by atoms with Crippen molar-refractivity contribution < 1.29 is 13.2 Å². The Balaban J connectivity index is 1.64. The predicted octanol–water partition coefficient (Wildman–Crippen LogP) is 3.86. The molecule has 1 saturated heterocycles. The van der Waals surface area contributed by atoms with Crippen LogP contribution in [0.1, 0.15) is 18.4 Å². The molecule has 0 aliphatic carbocycles. The van der Waals surface area contributed by atoms with Gasteiger partial charge < -0.3 is 20.1 Å². The maximum atomic E-state index is 12.9. The van der Waals surface area contributed by atoms with Crippen LogP contribution in [0.5, 0.6) is 0 Å². The van der Waals surface area contributed by atoms with E-state index in [4.69, 9.17) is 0 Å². The lowest BCUT2D eigenvalue weighted by Gasteiger charge is -2.33. The summed E-state index contributed by atoms with van der Waals surface area (Å²) >= 11 is 0. The van der Waals surface area contributed by atoms with Crippen molar-refractivity contribution in [2.75, 3.05) is 43.9 Å². The third-order valence-electron chi connectivity index (χ3n) is 5.60. The van der Waals surface area contributed by atoms with Crippen molar-refractivity contribution in [2.24, 2.45) is 5.92 Å². The van der Waals surface area contributed by atoms with Gasteiger partial charge in [0, 0.05) is 31.5 Å². The molecule has 3 aromatic rings. The SMILES string of the molecule is CN(C)CC1CCN(c2nc(Nc3ccc(C(F)(F)F)cc3)c3c(=O)[nH]ccc3n2)CC1. The normalized spacial score (nSPS) is 15.5. The smallest absolute Gasteiger partial charge is 0.341 e. The van der Waals surface area contributed by atoms with E-state index in [1.54, 1.807) is 6.07 Å². The number of H-pyrrole nitrogens is 1. The van der Waals surface area contributed by atoms with E-state index in [0.717, 1.165) is 44.6 Å². The lowest BCUT2D eigenvalue weighted by Crippen LogP contribution is -2.38. The molecule has 0 bridgehead atoms. The Kier molecular flexibility index (Phi) is 6.05. The van der Waals surface area contributed by atoms with E-state index in [-0.39, 0.29) is 16.8 Å². The van der Waals surface area contributed by atoms with E-state index in [9.17, 15) is 18.0 Å². The average molecular weight is 446 g/mol. The third kappa shape index (κ3) is 4.85. The molecule has 170 valence electrons. The molecule has 0 radical (unpaired) electrons. The van der Waals surface area contributed by atoms with Crippen LogP contribution >= 0.6 is 0 Å². The number of hydrogen-bond acceptors (Lipinski definition) is 6. The number of halogens is 3. The van der Waals surface area contributed by atoms with E-state index < -0.39 is 11.7 Å². The maximum Gasteiger partial charge on any atom is 0.416 e. The van der Waals surface area contributed by atoms with Crippen LogP contribution in [0, 0.1) is 5.92 Å². The first-order chi connectivity index (χ1) is 15.2. The first kappa shape index (κ1) is 22.1. The fourth-order valence-electron chi connectivity index (χ4n) is 4.02. The van der Waals surface area contributed by atoms with Gasteiger partial charge in [0.1, 0.15) is 11.2 Å². The Morgan fingerprint density at radius 1 is 1.12 bits per heavy atom. The zero-order valence-corrected chi connectivity index (χ0v) is 17.9. The molecule has 0 unspecified atom stereocenters. The highest BCUT2D eigenvalue weighted by atomic mass is 19.4. The third-order valence-corrected chi connectivity index (χ3v) is 5.60. The zero-order valence-electron chi connectivity index (χ0n) is 17.9. The molecule has 0 atom stereocenters. The molecular weight excluding hydrogens is 421 g/mol. The van der Waals surface area contributed by atoms with Gasteiger partial charge in [-0.3, -0.25) is 4.79 Å². The minimum absolute atomic E-state index is 0.263. The fourth-order valence-corrected chi connectivity index (χ4v) is 4.02. The largest absolute Gasteiger partial charge is 0.416 e. The van der Waals surface area contributed by atoms with Crippen LogP contribution in [0.15, 0.2) is 41.3 Å². The van der Waals surface area contributed by atoms with Crippen LogP contribution in [0.25, 0.3) is 10.9 Å². The molecule has 1 aliphatic rings. The Bertz CT molecular complexity index is 1140. The predicted molar refractivity (Wildman–Crippen MR) is 118 cm³/mol. The van der Waals surface area contributed by atoms with Crippen molar-refractivity contribution in [3.05, 3.63) is 52.4 Å². The van der Waals surface area contributed by atoms with Gasteiger partial charge in [0.25, 0.3) is 5.56 Å². The molecule has 0 spiro atoms. The van der Waals surface area contributed by atoms with Gasteiger partial charge in [0.15, 0.2) is 0 Å². The van der Waals surface area contributed by atoms with E-state index in [1.807, 2.05) is 0 Å². The Morgan fingerprint density at radius 2 is 1.81 bits per heavy atom. The van der Waals surface area contributed by atoms with Crippen molar-refractivity contribution in [1.29, 1.82) is 0 Å². The van der Waals surface area contributed by atoms with Crippen molar-refractivity contribution in [2.45, 2.75) is 19.0 Å². The van der Waals surface area contributed by atoms with Crippen molar-refractivity contribution in [1.82, 2.24) is 19.9 Å². The summed E-state index contributed by atoms with van der Waals surface area (Å²) in [6, 6.07) is 6.32. The standard InChI is InChI=1S/C22H25F3N6O/c1-30(2)13-14-8-11-31(12-9-14)21-28-17-7-10-26-20(32)18(17)19(29-21)27-16-5-3-15(4-6-16)22(23,24)25/h3-7,10,14H,8-9,11-13H2,1-2H3,(H,26,32)(H,27,28,29). The van der Waals surface area contributed by atoms with Gasteiger partial charge in [-0.25, -0.2) is 4.98 Å². The highest BCUT2D eigenvalue weighted by Crippen LogP contribution is 2.31. The molecule has 0 amide bonds. The second-order valence-electron chi connectivity index (χ2n) is 8.33.